The molecule has 0 saturated carbocycles. The molecule has 0 aliphatic heterocycles. The van der Waals surface area contributed by atoms with Gasteiger partial charge in [0.25, 0.3) is 0 Å². The van der Waals surface area contributed by atoms with Crippen molar-refractivity contribution in [3.05, 3.63) is 47.5 Å². The molecule has 0 spiro atoms. The van der Waals surface area contributed by atoms with Crippen molar-refractivity contribution in [3.8, 4) is 23.0 Å². The van der Waals surface area contributed by atoms with Crippen LogP contribution in [0.5, 0.6) is 23.0 Å². The first-order valence-corrected chi connectivity index (χ1v) is 7.81. The van der Waals surface area contributed by atoms with Gasteiger partial charge in [0.1, 0.15) is 5.75 Å². The summed E-state index contributed by atoms with van der Waals surface area (Å²) in [7, 11) is 0. The second-order valence-corrected chi connectivity index (χ2v) is 7.84. The van der Waals surface area contributed by atoms with E-state index in [-0.39, 0.29) is 76.3 Å². The van der Waals surface area contributed by atoms with Crippen LogP contribution in [0.4, 0.5) is 0 Å². The molecular formula is C20H25NaO4Sb+. The van der Waals surface area contributed by atoms with E-state index in [9.17, 15) is 15.3 Å². The summed E-state index contributed by atoms with van der Waals surface area (Å²) >= 11 is 0. The monoisotopic (exact) mass is 473 g/mol. The van der Waals surface area contributed by atoms with Crippen molar-refractivity contribution in [2.75, 3.05) is 0 Å². The fourth-order valence-electron chi connectivity index (χ4n) is 1.96. The molecule has 0 unspecified atom stereocenters. The normalized spacial score (nSPS) is 10.7. The third-order valence-electron chi connectivity index (χ3n) is 3.63. The molecule has 0 amide bonds. The smallest absolute Gasteiger partial charge is 0.873 e. The molecule has 1 N–H and O–H groups in total. The van der Waals surface area contributed by atoms with Crippen molar-refractivity contribution < 1.29 is 50.0 Å². The minimum Gasteiger partial charge on any atom is -0.873 e. The third-order valence-corrected chi connectivity index (χ3v) is 3.63. The summed E-state index contributed by atoms with van der Waals surface area (Å²) in [6.07, 6.45) is 0. The summed E-state index contributed by atoms with van der Waals surface area (Å²) in [6.45, 7) is 12.1. The van der Waals surface area contributed by atoms with E-state index in [4.69, 9.17) is 5.11 Å². The van der Waals surface area contributed by atoms with Crippen LogP contribution in [0, 0.1) is 0 Å². The third kappa shape index (κ3) is 8.43. The van der Waals surface area contributed by atoms with Crippen molar-refractivity contribution in [1.29, 1.82) is 0 Å². The molecule has 0 aromatic heterocycles. The number of phenolic OH excluding ortho intramolecular Hbond substituents is 1. The predicted molar refractivity (Wildman–Crippen MR) is 96.0 cm³/mol. The molecule has 0 aliphatic carbocycles. The summed E-state index contributed by atoms with van der Waals surface area (Å²) < 4.78 is 0. The summed E-state index contributed by atoms with van der Waals surface area (Å²) in [5.41, 5.74) is 1.80. The van der Waals surface area contributed by atoms with Crippen LogP contribution in [-0.2, 0) is 10.8 Å². The topological polar surface area (TPSA) is 89.4 Å². The van der Waals surface area contributed by atoms with Gasteiger partial charge in [-0.1, -0.05) is 77.6 Å². The second kappa shape index (κ2) is 10.7. The maximum atomic E-state index is 11.0. The van der Waals surface area contributed by atoms with Crippen LogP contribution in [0.3, 0.4) is 0 Å². The number of rotatable bonds is 0. The number of benzene rings is 2. The molecule has 0 fully saturated rings. The van der Waals surface area contributed by atoms with E-state index < -0.39 is 11.5 Å². The Kier molecular flexibility index (Phi) is 11.4. The molecule has 134 valence electrons. The summed E-state index contributed by atoms with van der Waals surface area (Å²) in [5, 5.41) is 41.8. The molecule has 0 heterocycles. The van der Waals surface area contributed by atoms with Gasteiger partial charge in [0.15, 0.2) is 0 Å². The van der Waals surface area contributed by atoms with Gasteiger partial charge in [-0.2, -0.15) is 0 Å². The zero-order valence-electron chi connectivity index (χ0n) is 16.6. The minimum atomic E-state index is -0.428. The van der Waals surface area contributed by atoms with Crippen LogP contribution in [0.2, 0.25) is 0 Å². The van der Waals surface area contributed by atoms with Crippen molar-refractivity contribution in [2.45, 2.75) is 52.4 Å². The molecule has 6 heteroatoms. The van der Waals surface area contributed by atoms with Gasteiger partial charge in [0.05, 0.1) is 0 Å². The zero-order valence-corrected chi connectivity index (χ0v) is 21.1. The van der Waals surface area contributed by atoms with Gasteiger partial charge in [-0.25, -0.2) is 0 Å². The molecule has 0 bridgehead atoms. The molecule has 2 rings (SSSR count). The molecule has 2 aromatic rings. The van der Waals surface area contributed by atoms with E-state index in [0.717, 1.165) is 11.1 Å². The molecule has 2 radical (unpaired) electrons. The van der Waals surface area contributed by atoms with Gasteiger partial charge < -0.3 is 20.4 Å². The molecule has 0 aliphatic rings. The maximum absolute atomic E-state index is 11.0. The molecule has 0 saturated heterocycles. The van der Waals surface area contributed by atoms with Crippen molar-refractivity contribution in [1.82, 2.24) is 0 Å². The Bertz CT molecular complexity index is 642. The van der Waals surface area contributed by atoms with Gasteiger partial charge in [-0.15, -0.1) is 11.5 Å². The van der Waals surface area contributed by atoms with E-state index in [1.165, 1.54) is 24.3 Å². The molecule has 26 heavy (non-hydrogen) atoms. The van der Waals surface area contributed by atoms with Gasteiger partial charge in [0, 0.05) is 0 Å². The number of hydrogen-bond acceptors (Lipinski definition) is 4. The Balaban J connectivity index is 0. The van der Waals surface area contributed by atoms with Crippen LogP contribution in [0.25, 0.3) is 0 Å². The standard InChI is InChI=1S/2C10H14O2.Na.Sb/c2*1-10(2,3)7-4-5-8(11)9(12)6-7;;/h2*4-6,11-12H,1-3H3;;/q;;+1;+3/p-3. The minimum absolute atomic E-state index is 0. The summed E-state index contributed by atoms with van der Waals surface area (Å²) in [4.78, 5) is 0. The van der Waals surface area contributed by atoms with Crippen LogP contribution in [-0.4, -0.2) is 29.5 Å². The van der Waals surface area contributed by atoms with E-state index in [0.29, 0.717) is 0 Å². The van der Waals surface area contributed by atoms with E-state index >= 15 is 0 Å². The number of phenols is 1. The molecule has 2 aromatic carbocycles. The van der Waals surface area contributed by atoms with Crippen LogP contribution in [0.1, 0.15) is 52.7 Å². The first-order chi connectivity index (χ1) is 10.8. The first-order valence-electron chi connectivity index (χ1n) is 7.81. The van der Waals surface area contributed by atoms with Crippen molar-refractivity contribution in [2.24, 2.45) is 0 Å². The zero-order chi connectivity index (χ0) is 18.7. The Hall–Kier alpha value is -0.542. The van der Waals surface area contributed by atoms with Gasteiger partial charge in [-0.3, -0.25) is 0 Å². The van der Waals surface area contributed by atoms with E-state index in [2.05, 4.69) is 0 Å². The predicted octanol–water partition coefficient (Wildman–Crippen LogP) is -0.482. The molecule has 4 nitrogen and oxygen atoms in total. The average Bonchev–Trinajstić information content (AvgIpc) is 2.43. The average molecular weight is 474 g/mol. The van der Waals surface area contributed by atoms with Crippen LogP contribution in [0.15, 0.2) is 36.4 Å². The van der Waals surface area contributed by atoms with Gasteiger partial charge >= 0.3 is 54.0 Å². The Morgan fingerprint density at radius 3 is 1.38 bits per heavy atom. The molecular weight excluding hydrogens is 449 g/mol. The van der Waals surface area contributed by atoms with Crippen molar-refractivity contribution in [3.63, 3.8) is 0 Å². The van der Waals surface area contributed by atoms with E-state index in [1.807, 2.05) is 41.5 Å². The van der Waals surface area contributed by atoms with Gasteiger partial charge in [-0.05, 0) is 28.0 Å². The maximum Gasteiger partial charge on any atom is 3.00 e. The van der Waals surface area contributed by atoms with E-state index in [1.54, 1.807) is 12.1 Å². The fourth-order valence-corrected chi connectivity index (χ4v) is 1.96. The quantitative estimate of drug-likeness (QED) is 0.523. The summed E-state index contributed by atoms with van der Waals surface area (Å²) in [5.74, 6) is -1.32. The number of aromatic hydroxyl groups is 1. The second-order valence-electron chi connectivity index (χ2n) is 7.84. The molecule has 0 atom stereocenters. The van der Waals surface area contributed by atoms with Crippen LogP contribution >= 0.6 is 0 Å². The largest absolute Gasteiger partial charge is 3.00 e. The fraction of sp³-hybridized carbons (Fsp3) is 0.400. The van der Waals surface area contributed by atoms with Crippen molar-refractivity contribution >= 4 is 24.4 Å². The Labute approximate surface area is 196 Å². The number of hydrogen-bond donors (Lipinski definition) is 1. The Morgan fingerprint density at radius 1 is 0.654 bits per heavy atom. The Morgan fingerprint density at radius 2 is 1.04 bits per heavy atom. The van der Waals surface area contributed by atoms with Crippen LogP contribution < -0.4 is 44.9 Å². The first kappa shape index (κ1) is 27.7. The van der Waals surface area contributed by atoms with Gasteiger partial charge in [0.2, 0.25) is 0 Å². The SMILES string of the molecule is CC(C)(C)c1ccc([O-])c(O)c1.CC(C)(C)c1ccc([O-])c([O-])c1.[Na+].[Sb+3]. The summed E-state index contributed by atoms with van der Waals surface area (Å²) in [6, 6.07) is 9.15.